The minimum absolute atomic E-state index is 0.00452. The number of nitrogens with zero attached hydrogens (tertiary/aromatic N) is 2. The SMILES string of the molecule is COc1cccc(N2CCN([C@H](C(=O)Nc3ccc(C)cc3)c3ccccc3)CC2)c1. The fourth-order valence-corrected chi connectivity index (χ4v) is 4.06. The molecule has 5 heteroatoms. The summed E-state index contributed by atoms with van der Waals surface area (Å²) in [5.41, 5.74) is 4.17. The lowest BCUT2D eigenvalue weighted by Crippen LogP contribution is -2.50. The number of hydrogen-bond acceptors (Lipinski definition) is 4. The lowest BCUT2D eigenvalue weighted by molar-refractivity contribution is -0.121. The largest absolute Gasteiger partial charge is 0.497 e. The van der Waals surface area contributed by atoms with Crippen molar-refractivity contribution < 1.29 is 9.53 Å². The second-order valence-electron chi connectivity index (χ2n) is 7.89. The third-order valence-electron chi connectivity index (χ3n) is 5.78. The number of piperazine rings is 1. The van der Waals surface area contributed by atoms with Crippen molar-refractivity contribution in [2.45, 2.75) is 13.0 Å². The highest BCUT2D eigenvalue weighted by Gasteiger charge is 2.30. The Morgan fingerprint density at radius 3 is 2.29 bits per heavy atom. The van der Waals surface area contributed by atoms with Gasteiger partial charge in [-0.3, -0.25) is 9.69 Å². The Balaban J connectivity index is 1.50. The van der Waals surface area contributed by atoms with Crippen LogP contribution in [0.2, 0.25) is 0 Å². The smallest absolute Gasteiger partial charge is 0.246 e. The van der Waals surface area contributed by atoms with Crippen LogP contribution < -0.4 is 15.0 Å². The van der Waals surface area contributed by atoms with Crippen LogP contribution in [0, 0.1) is 6.92 Å². The normalized spacial score (nSPS) is 15.4. The zero-order valence-electron chi connectivity index (χ0n) is 18.1. The average Bonchev–Trinajstić information content (AvgIpc) is 2.82. The maximum absolute atomic E-state index is 13.3. The zero-order valence-corrected chi connectivity index (χ0v) is 18.1. The van der Waals surface area contributed by atoms with Gasteiger partial charge < -0.3 is 15.0 Å². The number of benzene rings is 3. The number of anilines is 2. The van der Waals surface area contributed by atoms with E-state index in [1.165, 1.54) is 5.56 Å². The maximum Gasteiger partial charge on any atom is 0.246 e. The van der Waals surface area contributed by atoms with Gasteiger partial charge in [-0.05, 0) is 36.8 Å². The summed E-state index contributed by atoms with van der Waals surface area (Å²) in [5.74, 6) is 0.865. The third kappa shape index (κ3) is 5.06. The molecular formula is C26H29N3O2. The minimum atomic E-state index is -0.324. The van der Waals surface area contributed by atoms with Gasteiger partial charge in [0.2, 0.25) is 5.91 Å². The standard InChI is InChI=1S/C26H29N3O2/c1-20-11-13-22(14-12-20)27-26(30)25(21-7-4-3-5-8-21)29-17-15-28(16-18-29)23-9-6-10-24(19-23)31-2/h3-14,19,25H,15-18H2,1-2H3,(H,27,30)/t25-/m0/s1. The zero-order chi connectivity index (χ0) is 21.6. The molecule has 0 spiro atoms. The van der Waals surface area contributed by atoms with E-state index in [0.29, 0.717) is 0 Å². The summed E-state index contributed by atoms with van der Waals surface area (Å²) >= 11 is 0. The molecule has 1 aliphatic rings. The van der Waals surface area contributed by atoms with Crippen LogP contribution in [0.5, 0.6) is 5.75 Å². The Kier molecular flexibility index (Phi) is 6.53. The molecule has 0 unspecified atom stereocenters. The molecule has 0 bridgehead atoms. The molecule has 1 aliphatic heterocycles. The van der Waals surface area contributed by atoms with Crippen LogP contribution in [0.3, 0.4) is 0 Å². The Bertz CT molecular complexity index is 997. The van der Waals surface area contributed by atoms with Crippen LogP contribution in [0.1, 0.15) is 17.2 Å². The lowest BCUT2D eigenvalue weighted by atomic mass is 10.0. The summed E-state index contributed by atoms with van der Waals surface area (Å²) in [6, 6.07) is 25.8. The van der Waals surface area contributed by atoms with E-state index in [2.05, 4.69) is 27.2 Å². The molecule has 0 aliphatic carbocycles. The first kappa shape index (κ1) is 20.9. The van der Waals surface area contributed by atoms with Gasteiger partial charge in [-0.1, -0.05) is 54.1 Å². The Morgan fingerprint density at radius 1 is 0.903 bits per heavy atom. The van der Waals surface area contributed by atoms with E-state index in [1.807, 2.05) is 73.7 Å². The lowest BCUT2D eigenvalue weighted by Gasteiger charge is -2.39. The number of nitrogens with one attached hydrogen (secondary N) is 1. The van der Waals surface area contributed by atoms with Gasteiger partial charge in [0, 0.05) is 43.6 Å². The summed E-state index contributed by atoms with van der Waals surface area (Å²) in [6.07, 6.45) is 0. The van der Waals surface area contributed by atoms with Crippen molar-refractivity contribution in [3.05, 3.63) is 90.0 Å². The van der Waals surface area contributed by atoms with E-state index in [0.717, 1.165) is 48.9 Å². The van der Waals surface area contributed by atoms with Crippen molar-refractivity contribution in [3.63, 3.8) is 0 Å². The predicted molar refractivity (Wildman–Crippen MR) is 126 cm³/mol. The molecule has 0 radical (unpaired) electrons. The quantitative estimate of drug-likeness (QED) is 0.644. The van der Waals surface area contributed by atoms with Gasteiger partial charge in [0.05, 0.1) is 7.11 Å². The monoisotopic (exact) mass is 415 g/mol. The van der Waals surface area contributed by atoms with E-state index in [9.17, 15) is 4.79 Å². The molecule has 0 saturated carbocycles. The van der Waals surface area contributed by atoms with Crippen LogP contribution in [0.25, 0.3) is 0 Å². The first-order chi connectivity index (χ1) is 15.1. The summed E-state index contributed by atoms with van der Waals surface area (Å²) < 4.78 is 5.37. The van der Waals surface area contributed by atoms with Crippen LogP contribution in [-0.2, 0) is 4.79 Å². The number of carbonyl (C=O) groups is 1. The molecule has 5 nitrogen and oxygen atoms in total. The van der Waals surface area contributed by atoms with Crippen molar-refractivity contribution >= 4 is 17.3 Å². The number of methoxy groups -OCH3 is 1. The number of aryl methyl sites for hydroxylation is 1. The van der Waals surface area contributed by atoms with E-state index < -0.39 is 0 Å². The molecular weight excluding hydrogens is 386 g/mol. The third-order valence-corrected chi connectivity index (χ3v) is 5.78. The summed E-state index contributed by atoms with van der Waals surface area (Å²) in [5, 5.41) is 3.11. The summed E-state index contributed by atoms with van der Waals surface area (Å²) in [6.45, 7) is 5.36. The fraction of sp³-hybridized carbons (Fsp3) is 0.269. The van der Waals surface area contributed by atoms with Crippen LogP contribution in [0.4, 0.5) is 11.4 Å². The Morgan fingerprint density at radius 2 is 1.61 bits per heavy atom. The van der Waals surface area contributed by atoms with E-state index >= 15 is 0 Å². The first-order valence-corrected chi connectivity index (χ1v) is 10.7. The number of carbonyl (C=O) groups excluding carboxylic acids is 1. The number of ether oxygens (including phenoxy) is 1. The van der Waals surface area contributed by atoms with Gasteiger partial charge >= 0.3 is 0 Å². The number of hydrogen-bond donors (Lipinski definition) is 1. The van der Waals surface area contributed by atoms with Crippen LogP contribution in [-0.4, -0.2) is 44.1 Å². The highest BCUT2D eigenvalue weighted by Crippen LogP contribution is 2.27. The highest BCUT2D eigenvalue weighted by molar-refractivity contribution is 5.95. The molecule has 1 fully saturated rings. The molecule has 1 amide bonds. The van der Waals surface area contributed by atoms with Crippen molar-refractivity contribution in [2.24, 2.45) is 0 Å². The molecule has 160 valence electrons. The molecule has 0 aromatic heterocycles. The molecule has 3 aromatic carbocycles. The van der Waals surface area contributed by atoms with Gasteiger partial charge in [0.1, 0.15) is 11.8 Å². The van der Waals surface area contributed by atoms with Crippen LogP contribution >= 0.6 is 0 Å². The first-order valence-electron chi connectivity index (χ1n) is 10.7. The van der Waals surface area contributed by atoms with E-state index in [4.69, 9.17) is 4.74 Å². The van der Waals surface area contributed by atoms with Crippen molar-refractivity contribution in [3.8, 4) is 5.75 Å². The maximum atomic E-state index is 13.3. The minimum Gasteiger partial charge on any atom is -0.497 e. The van der Waals surface area contributed by atoms with Gasteiger partial charge in [-0.2, -0.15) is 0 Å². The average molecular weight is 416 g/mol. The molecule has 1 saturated heterocycles. The predicted octanol–water partition coefficient (Wildman–Crippen LogP) is 4.51. The number of rotatable bonds is 6. The van der Waals surface area contributed by atoms with Crippen molar-refractivity contribution in [2.75, 3.05) is 43.5 Å². The number of amides is 1. The molecule has 1 N–H and O–H groups in total. The van der Waals surface area contributed by atoms with Crippen molar-refractivity contribution in [1.29, 1.82) is 0 Å². The van der Waals surface area contributed by atoms with Crippen LogP contribution in [0.15, 0.2) is 78.9 Å². The van der Waals surface area contributed by atoms with Gasteiger partial charge in [0.15, 0.2) is 0 Å². The molecule has 1 heterocycles. The molecule has 4 rings (SSSR count). The topological polar surface area (TPSA) is 44.8 Å². The van der Waals surface area contributed by atoms with Crippen molar-refractivity contribution in [1.82, 2.24) is 4.90 Å². The van der Waals surface area contributed by atoms with E-state index in [1.54, 1.807) is 7.11 Å². The molecule has 31 heavy (non-hydrogen) atoms. The van der Waals surface area contributed by atoms with Gasteiger partial charge in [-0.25, -0.2) is 0 Å². The summed E-state index contributed by atoms with van der Waals surface area (Å²) in [7, 11) is 1.69. The van der Waals surface area contributed by atoms with E-state index in [-0.39, 0.29) is 11.9 Å². The van der Waals surface area contributed by atoms with Gasteiger partial charge in [-0.15, -0.1) is 0 Å². The second-order valence-corrected chi connectivity index (χ2v) is 7.89. The highest BCUT2D eigenvalue weighted by atomic mass is 16.5. The Labute approximate surface area is 184 Å². The fourth-order valence-electron chi connectivity index (χ4n) is 4.06. The Hall–Kier alpha value is -3.31. The van der Waals surface area contributed by atoms with Gasteiger partial charge in [0.25, 0.3) is 0 Å². The molecule has 1 atom stereocenters. The summed E-state index contributed by atoms with van der Waals surface area (Å²) in [4.78, 5) is 18.0. The molecule has 3 aromatic rings. The second kappa shape index (κ2) is 9.67.